The molecule has 100 valence electrons. The van der Waals surface area contributed by atoms with Gasteiger partial charge in [-0.05, 0) is 37.6 Å². The number of benzene rings is 1. The van der Waals surface area contributed by atoms with Crippen LogP contribution < -0.4 is 0 Å². The number of rotatable bonds is 6. The highest BCUT2D eigenvalue weighted by Crippen LogP contribution is 2.58. The number of hydrogen-bond acceptors (Lipinski definition) is 3. The molecular weight excluding hydrogens is 338 g/mol. The van der Waals surface area contributed by atoms with Crippen LogP contribution in [0.5, 0.6) is 0 Å². The van der Waals surface area contributed by atoms with Gasteiger partial charge in [0.15, 0.2) is 0 Å². The van der Waals surface area contributed by atoms with Gasteiger partial charge in [-0.2, -0.15) is 0 Å². The van der Waals surface area contributed by atoms with Gasteiger partial charge in [0.2, 0.25) is 0 Å². The molecule has 0 amide bonds. The van der Waals surface area contributed by atoms with E-state index in [1.165, 1.54) is 0 Å². The van der Waals surface area contributed by atoms with E-state index in [-0.39, 0.29) is 18.0 Å². The second-order valence-corrected chi connectivity index (χ2v) is 6.93. The Kier molecular flexibility index (Phi) is 6.61. The number of halogens is 2. The van der Waals surface area contributed by atoms with Crippen LogP contribution in [0.2, 0.25) is 0 Å². The van der Waals surface area contributed by atoms with Gasteiger partial charge in [0.1, 0.15) is 4.77 Å². The van der Waals surface area contributed by atoms with E-state index in [2.05, 4.69) is 15.9 Å². The lowest BCUT2D eigenvalue weighted by molar-refractivity contribution is 0.228. The molecule has 1 aromatic rings. The lowest BCUT2D eigenvalue weighted by Gasteiger charge is -2.15. The Balaban J connectivity index is 3.02. The molecule has 0 aliphatic carbocycles. The monoisotopic (exact) mass is 352 g/mol. The van der Waals surface area contributed by atoms with Crippen molar-refractivity contribution in [2.24, 2.45) is 0 Å². The van der Waals surface area contributed by atoms with Crippen molar-refractivity contribution in [2.45, 2.75) is 13.8 Å². The fraction of sp³-hybridized carbons (Fsp3) is 0.333. The second kappa shape index (κ2) is 7.46. The fourth-order valence-electron chi connectivity index (χ4n) is 1.31. The molecule has 0 unspecified atom stereocenters. The highest BCUT2D eigenvalue weighted by Gasteiger charge is 2.28. The lowest BCUT2D eigenvalue weighted by atomic mass is 10.2. The predicted molar refractivity (Wildman–Crippen MR) is 78.8 cm³/mol. The van der Waals surface area contributed by atoms with Gasteiger partial charge < -0.3 is 9.05 Å². The molecule has 0 radical (unpaired) electrons. The third-order valence-electron chi connectivity index (χ3n) is 1.99. The molecule has 0 saturated heterocycles. The molecule has 0 bridgehead atoms. The minimum absolute atomic E-state index is 0.0873. The molecule has 1 rings (SSSR count). The number of hydrogen-bond donors (Lipinski definition) is 0. The first-order valence-electron chi connectivity index (χ1n) is 5.54. The molecule has 0 saturated carbocycles. The van der Waals surface area contributed by atoms with Crippen molar-refractivity contribution in [1.29, 1.82) is 0 Å². The van der Waals surface area contributed by atoms with Crippen LogP contribution in [-0.4, -0.2) is 13.2 Å². The third-order valence-corrected chi connectivity index (χ3v) is 5.07. The average Bonchev–Trinajstić information content (AvgIpc) is 2.29. The van der Waals surface area contributed by atoms with Gasteiger partial charge in [-0.25, -0.2) is 0 Å². The zero-order valence-corrected chi connectivity index (χ0v) is 13.5. The van der Waals surface area contributed by atoms with E-state index in [0.29, 0.717) is 0 Å². The van der Waals surface area contributed by atoms with Crippen LogP contribution in [0.25, 0.3) is 6.08 Å². The fourth-order valence-corrected chi connectivity index (χ4v) is 3.46. The summed E-state index contributed by atoms with van der Waals surface area (Å²) in [5.74, 6) is 0. The zero-order valence-electron chi connectivity index (χ0n) is 10.2. The third kappa shape index (κ3) is 4.52. The van der Waals surface area contributed by atoms with Gasteiger partial charge in [-0.3, -0.25) is 4.57 Å². The summed E-state index contributed by atoms with van der Waals surface area (Å²) in [6.07, 6.45) is 1.60. The summed E-state index contributed by atoms with van der Waals surface area (Å²) in [7, 11) is -3.38. The molecule has 0 aromatic heterocycles. The smallest absolute Gasteiger partial charge is 0.305 e. The average molecular weight is 354 g/mol. The van der Waals surface area contributed by atoms with Crippen LogP contribution in [0.3, 0.4) is 0 Å². The van der Waals surface area contributed by atoms with E-state index in [9.17, 15) is 4.57 Å². The van der Waals surface area contributed by atoms with Gasteiger partial charge >= 0.3 is 7.60 Å². The minimum atomic E-state index is -3.38. The first kappa shape index (κ1) is 15.9. The minimum Gasteiger partial charge on any atom is -0.305 e. The van der Waals surface area contributed by atoms with Crippen LogP contribution in [0.4, 0.5) is 0 Å². The summed E-state index contributed by atoms with van der Waals surface area (Å²) in [6.45, 7) is 4.05. The maximum absolute atomic E-state index is 12.3. The Hall–Kier alpha value is -0.120. The van der Waals surface area contributed by atoms with Crippen molar-refractivity contribution >= 4 is 41.2 Å². The second-order valence-electron chi connectivity index (χ2n) is 3.36. The summed E-state index contributed by atoms with van der Waals surface area (Å²) >= 11 is 9.43. The molecule has 0 aliphatic heterocycles. The molecule has 0 fully saturated rings. The standard InChI is InChI=1S/C12H15BrClO3P/c1-3-16-18(15,17-4-2)12(14)9-10-6-5-7-11(13)8-10/h5-9H,3-4H2,1-2H3/b12-9-. The highest BCUT2D eigenvalue weighted by atomic mass is 79.9. The molecule has 0 atom stereocenters. The lowest BCUT2D eigenvalue weighted by Crippen LogP contribution is -1.95. The Morgan fingerprint density at radius 2 is 2.00 bits per heavy atom. The molecule has 3 nitrogen and oxygen atoms in total. The summed E-state index contributed by atoms with van der Waals surface area (Å²) < 4.78 is 23.7. The van der Waals surface area contributed by atoms with Gasteiger partial charge in [0, 0.05) is 4.47 Å². The van der Waals surface area contributed by atoms with Crippen LogP contribution >= 0.6 is 35.1 Å². The highest BCUT2D eigenvalue weighted by molar-refractivity contribution is 9.10. The molecule has 0 heterocycles. The maximum Gasteiger partial charge on any atom is 0.372 e. The Morgan fingerprint density at radius 3 is 2.50 bits per heavy atom. The molecule has 6 heteroatoms. The van der Waals surface area contributed by atoms with E-state index in [4.69, 9.17) is 20.6 Å². The van der Waals surface area contributed by atoms with E-state index in [1.54, 1.807) is 19.9 Å². The first-order chi connectivity index (χ1) is 8.51. The van der Waals surface area contributed by atoms with Gasteiger partial charge in [-0.15, -0.1) is 0 Å². The van der Waals surface area contributed by atoms with Crippen molar-refractivity contribution in [3.05, 3.63) is 39.1 Å². The van der Waals surface area contributed by atoms with Crippen LogP contribution in [-0.2, 0) is 13.6 Å². The Labute approximate surface area is 121 Å². The molecule has 0 aliphatic rings. The van der Waals surface area contributed by atoms with Gasteiger partial charge in [-0.1, -0.05) is 39.7 Å². The summed E-state index contributed by atoms with van der Waals surface area (Å²) in [5.41, 5.74) is 0.828. The quantitative estimate of drug-likeness (QED) is 0.655. The molecular formula is C12H15BrClO3P. The first-order valence-corrected chi connectivity index (χ1v) is 8.25. The topological polar surface area (TPSA) is 35.5 Å². The zero-order chi connectivity index (χ0) is 13.6. The SMILES string of the molecule is CCOP(=O)(OCC)/C(Cl)=C\c1cccc(Br)c1. The van der Waals surface area contributed by atoms with E-state index >= 15 is 0 Å². The van der Waals surface area contributed by atoms with Crippen molar-refractivity contribution in [2.75, 3.05) is 13.2 Å². The molecule has 0 N–H and O–H groups in total. The largest absolute Gasteiger partial charge is 0.372 e. The van der Waals surface area contributed by atoms with Crippen molar-refractivity contribution < 1.29 is 13.6 Å². The van der Waals surface area contributed by atoms with Crippen molar-refractivity contribution in [3.63, 3.8) is 0 Å². The van der Waals surface area contributed by atoms with Crippen LogP contribution in [0, 0.1) is 0 Å². The van der Waals surface area contributed by atoms with E-state index in [0.717, 1.165) is 10.0 Å². The normalized spacial score (nSPS) is 12.8. The Morgan fingerprint density at radius 1 is 1.39 bits per heavy atom. The van der Waals surface area contributed by atoms with Crippen LogP contribution in [0.15, 0.2) is 33.5 Å². The van der Waals surface area contributed by atoms with Gasteiger partial charge in [0.25, 0.3) is 0 Å². The Bertz CT molecular complexity index is 466. The van der Waals surface area contributed by atoms with E-state index < -0.39 is 7.60 Å². The van der Waals surface area contributed by atoms with Gasteiger partial charge in [0.05, 0.1) is 13.2 Å². The summed E-state index contributed by atoms with van der Waals surface area (Å²) in [6, 6.07) is 7.49. The summed E-state index contributed by atoms with van der Waals surface area (Å²) in [5, 5.41) is 0. The molecule has 1 aromatic carbocycles. The van der Waals surface area contributed by atoms with Crippen molar-refractivity contribution in [3.8, 4) is 0 Å². The van der Waals surface area contributed by atoms with E-state index in [1.807, 2.05) is 24.3 Å². The summed E-state index contributed by atoms with van der Waals surface area (Å²) in [4.78, 5) is 0. The predicted octanol–water partition coefficient (Wildman–Crippen LogP) is 5.25. The van der Waals surface area contributed by atoms with Crippen LogP contribution in [0.1, 0.15) is 19.4 Å². The maximum atomic E-state index is 12.3. The van der Waals surface area contributed by atoms with Crippen molar-refractivity contribution in [1.82, 2.24) is 0 Å². The molecule has 18 heavy (non-hydrogen) atoms. The molecule has 0 spiro atoms.